The average molecular weight is 142 g/mol. The van der Waals surface area contributed by atoms with Gasteiger partial charge < -0.3 is 0 Å². The summed E-state index contributed by atoms with van der Waals surface area (Å²) in [6.07, 6.45) is 0. The molecule has 0 aromatic rings. The largest absolute Gasteiger partial charge is 0.235 e. The minimum absolute atomic E-state index is 1.42. The van der Waals surface area contributed by atoms with Gasteiger partial charge in [-0.3, -0.25) is 0 Å². The first-order chi connectivity index (χ1) is 4.38. The first kappa shape index (κ1) is 6.29. The van der Waals surface area contributed by atoms with E-state index in [2.05, 4.69) is 24.3 Å². The van der Waals surface area contributed by atoms with Crippen LogP contribution in [0.5, 0.6) is 0 Å². The van der Waals surface area contributed by atoms with Gasteiger partial charge in [0.2, 0.25) is 0 Å². The lowest BCUT2D eigenvalue weighted by atomic mass is 9.95. The van der Waals surface area contributed by atoms with Crippen LogP contribution in [0.3, 0.4) is 0 Å². The third-order valence-corrected chi connectivity index (χ3v) is 1.22. The summed E-state index contributed by atoms with van der Waals surface area (Å²) in [4.78, 5) is 0. The van der Waals surface area contributed by atoms with Gasteiger partial charge in [-0.15, -0.1) is 0 Å². The maximum Gasteiger partial charge on any atom is 0.129 e. The third-order valence-electron chi connectivity index (χ3n) is 1.22. The Kier molecular flexibility index (Phi) is 1.85. The molecule has 9 heavy (non-hydrogen) atoms. The zero-order chi connectivity index (χ0) is 6.69. The molecule has 0 aromatic carbocycles. The van der Waals surface area contributed by atoms with Gasteiger partial charge in [0.1, 0.15) is 11.6 Å². The number of benzene rings is 1. The highest BCUT2D eigenvalue weighted by molar-refractivity contribution is 7.51. The Bertz CT molecular complexity index is 213. The van der Waals surface area contributed by atoms with Crippen LogP contribution >= 0.6 is 0 Å². The number of hydrogen-bond donors (Lipinski definition) is 0. The standard InChI is InChI=1S/C6H4.H2O2S/c1-2-6-4-3-5(1)6;1-3-2/h1-4H;3H2. The molecule has 2 nitrogen and oxygen atoms in total. The molecule has 0 unspecified atom stereocenters. The van der Waals surface area contributed by atoms with E-state index in [0.29, 0.717) is 0 Å². The van der Waals surface area contributed by atoms with Gasteiger partial charge >= 0.3 is 0 Å². The molecule has 0 aromatic heterocycles. The van der Waals surface area contributed by atoms with Crippen molar-refractivity contribution in [2.75, 3.05) is 0 Å². The number of rotatable bonds is 0. The molecule has 0 spiro atoms. The van der Waals surface area contributed by atoms with E-state index >= 15 is 0 Å². The molecule has 0 fully saturated rings. The molecule has 0 atom stereocenters. The summed E-state index contributed by atoms with van der Waals surface area (Å²) in [6.45, 7) is 0. The Morgan fingerprint density at radius 1 is 0.889 bits per heavy atom. The van der Waals surface area contributed by atoms with Crippen molar-refractivity contribution in [3.8, 4) is 11.1 Å². The van der Waals surface area contributed by atoms with Crippen molar-refractivity contribution in [2.45, 2.75) is 0 Å². The van der Waals surface area contributed by atoms with Gasteiger partial charge in [-0.1, -0.05) is 24.3 Å². The molecule has 2 rings (SSSR count). The fraction of sp³-hybridized carbons (Fsp3) is 0. The van der Waals surface area contributed by atoms with Crippen molar-refractivity contribution < 1.29 is 8.42 Å². The molecule has 0 radical (unpaired) electrons. The molecule has 0 saturated heterocycles. The van der Waals surface area contributed by atoms with Crippen LogP contribution in [-0.2, 0) is 11.6 Å². The second kappa shape index (κ2) is 2.64. The van der Waals surface area contributed by atoms with Crippen LogP contribution in [0.25, 0.3) is 11.1 Å². The SMILES string of the molecule is O=[SH2]=O.c1cc2ccc1-2. The van der Waals surface area contributed by atoms with Crippen LogP contribution in [-0.4, -0.2) is 8.42 Å². The molecule has 0 amide bonds. The van der Waals surface area contributed by atoms with Gasteiger partial charge in [0, 0.05) is 0 Å². The highest BCUT2D eigenvalue weighted by Crippen LogP contribution is 2.29. The van der Waals surface area contributed by atoms with Crippen LogP contribution in [0.2, 0.25) is 0 Å². The normalized spacial score (nSPS) is 9.33. The van der Waals surface area contributed by atoms with E-state index in [0.717, 1.165) is 0 Å². The molecule has 0 bridgehead atoms. The monoisotopic (exact) mass is 142 g/mol. The van der Waals surface area contributed by atoms with Gasteiger partial charge in [0.05, 0.1) is 0 Å². The summed E-state index contributed by atoms with van der Waals surface area (Å²) in [7, 11) is 0. The van der Waals surface area contributed by atoms with Crippen molar-refractivity contribution in [3.05, 3.63) is 24.3 Å². The fourth-order valence-electron chi connectivity index (χ4n) is 0.663. The lowest BCUT2D eigenvalue weighted by Crippen LogP contribution is -1.85. The number of fused-ring (bicyclic) bond motifs is 1. The second-order valence-corrected chi connectivity index (χ2v) is 1.83. The minimum atomic E-state index is -1.42. The Labute approximate surface area is 56.1 Å². The van der Waals surface area contributed by atoms with E-state index in [1.54, 1.807) is 0 Å². The van der Waals surface area contributed by atoms with Crippen molar-refractivity contribution >= 4 is 11.6 Å². The molecule has 2 aliphatic rings. The summed E-state index contributed by atoms with van der Waals surface area (Å²) in [6, 6.07) is 8.48. The van der Waals surface area contributed by atoms with Crippen molar-refractivity contribution in [3.63, 3.8) is 0 Å². The molecule has 2 aliphatic carbocycles. The molecule has 3 heteroatoms. The lowest BCUT2D eigenvalue weighted by molar-refractivity contribution is 0.630. The van der Waals surface area contributed by atoms with Crippen LogP contribution in [0.1, 0.15) is 0 Å². The zero-order valence-electron chi connectivity index (χ0n) is 4.63. The van der Waals surface area contributed by atoms with Crippen LogP contribution in [0.15, 0.2) is 24.3 Å². The van der Waals surface area contributed by atoms with Gasteiger partial charge in [-0.25, -0.2) is 8.42 Å². The summed E-state index contributed by atoms with van der Waals surface area (Å²) in [5.41, 5.74) is 2.85. The van der Waals surface area contributed by atoms with Crippen molar-refractivity contribution in [1.82, 2.24) is 0 Å². The van der Waals surface area contributed by atoms with E-state index in [4.69, 9.17) is 8.42 Å². The highest BCUT2D eigenvalue weighted by atomic mass is 32.1. The molecular weight excluding hydrogens is 136 g/mol. The predicted molar refractivity (Wildman–Crippen MR) is 37.1 cm³/mol. The van der Waals surface area contributed by atoms with Gasteiger partial charge in [-0.05, 0) is 11.1 Å². The van der Waals surface area contributed by atoms with Gasteiger partial charge in [0.25, 0.3) is 0 Å². The fourth-order valence-corrected chi connectivity index (χ4v) is 0.663. The van der Waals surface area contributed by atoms with Crippen LogP contribution < -0.4 is 0 Å². The quantitative estimate of drug-likeness (QED) is 0.535. The molecular formula is C6H6O2S. The summed E-state index contributed by atoms with van der Waals surface area (Å²) in [5, 5.41) is 0. The Balaban J connectivity index is 0.000000120. The summed E-state index contributed by atoms with van der Waals surface area (Å²) >= 11 is -1.42. The topological polar surface area (TPSA) is 34.1 Å². The maximum atomic E-state index is 8.40. The van der Waals surface area contributed by atoms with Gasteiger partial charge in [-0.2, -0.15) is 0 Å². The smallest absolute Gasteiger partial charge is 0.129 e. The Morgan fingerprint density at radius 2 is 1.11 bits per heavy atom. The third kappa shape index (κ3) is 1.10. The first-order valence-corrected chi connectivity index (χ1v) is 3.30. The predicted octanol–water partition coefficient (Wildman–Crippen LogP) is 0.461. The van der Waals surface area contributed by atoms with Crippen LogP contribution in [0, 0.1) is 0 Å². The maximum absolute atomic E-state index is 8.40. The van der Waals surface area contributed by atoms with Crippen LogP contribution in [0.4, 0.5) is 0 Å². The average Bonchev–Trinajstić information content (AvgIpc) is 1.81. The molecule has 48 valence electrons. The second-order valence-electron chi connectivity index (χ2n) is 1.66. The van der Waals surface area contributed by atoms with E-state index in [1.165, 1.54) is 11.1 Å². The van der Waals surface area contributed by atoms with E-state index < -0.39 is 11.6 Å². The van der Waals surface area contributed by atoms with E-state index in [9.17, 15) is 0 Å². The Morgan fingerprint density at radius 3 is 1.11 bits per heavy atom. The molecule has 0 heterocycles. The van der Waals surface area contributed by atoms with Crippen molar-refractivity contribution in [1.29, 1.82) is 0 Å². The molecule has 0 saturated carbocycles. The van der Waals surface area contributed by atoms with Gasteiger partial charge in [0.15, 0.2) is 0 Å². The molecule has 0 aliphatic heterocycles. The highest BCUT2D eigenvalue weighted by Gasteiger charge is 2.03. The minimum Gasteiger partial charge on any atom is -0.235 e. The van der Waals surface area contributed by atoms with E-state index in [-0.39, 0.29) is 0 Å². The van der Waals surface area contributed by atoms with E-state index in [1.807, 2.05) is 0 Å². The Hall–Kier alpha value is -0.830. The number of hydrogen-bond acceptors (Lipinski definition) is 2. The van der Waals surface area contributed by atoms with Crippen molar-refractivity contribution in [2.24, 2.45) is 0 Å². The summed E-state index contributed by atoms with van der Waals surface area (Å²) < 4.78 is 16.8. The lowest BCUT2D eigenvalue weighted by Gasteiger charge is -2.10. The summed E-state index contributed by atoms with van der Waals surface area (Å²) in [5.74, 6) is 0. The first-order valence-electron chi connectivity index (χ1n) is 2.48. The zero-order valence-corrected chi connectivity index (χ0v) is 5.63. The molecule has 0 N–H and O–H groups in total.